The van der Waals surface area contributed by atoms with E-state index in [-0.39, 0.29) is 5.91 Å². The molecule has 0 spiro atoms. The summed E-state index contributed by atoms with van der Waals surface area (Å²) in [6.45, 7) is 1.79. The SMILES string of the molecule is CCC(=O)Nc1cc2c(Nc3cccc(Br)c3)ncnc2cn1. The molecule has 0 unspecified atom stereocenters. The van der Waals surface area contributed by atoms with Crippen molar-refractivity contribution in [2.75, 3.05) is 10.6 Å². The summed E-state index contributed by atoms with van der Waals surface area (Å²) in [5.41, 5.74) is 1.60. The number of fused-ring (bicyclic) bond motifs is 1. The summed E-state index contributed by atoms with van der Waals surface area (Å²) in [6, 6.07) is 9.55. The number of aromatic nitrogens is 3. The van der Waals surface area contributed by atoms with Crippen LogP contribution in [0.5, 0.6) is 0 Å². The third-order valence-electron chi connectivity index (χ3n) is 3.20. The lowest BCUT2D eigenvalue weighted by Gasteiger charge is -2.10. The van der Waals surface area contributed by atoms with Crippen LogP contribution in [0.2, 0.25) is 0 Å². The largest absolute Gasteiger partial charge is 0.340 e. The van der Waals surface area contributed by atoms with E-state index in [0.29, 0.717) is 23.6 Å². The van der Waals surface area contributed by atoms with Gasteiger partial charge in [0.05, 0.1) is 11.7 Å². The Morgan fingerprint density at radius 2 is 2.09 bits per heavy atom. The van der Waals surface area contributed by atoms with Crippen molar-refractivity contribution in [1.82, 2.24) is 15.0 Å². The second-order valence-electron chi connectivity index (χ2n) is 4.85. The number of pyridine rings is 1. The number of hydrogen-bond acceptors (Lipinski definition) is 5. The maximum atomic E-state index is 11.5. The molecule has 1 aromatic carbocycles. The van der Waals surface area contributed by atoms with E-state index in [1.165, 1.54) is 6.33 Å². The number of nitrogens with one attached hydrogen (secondary N) is 2. The summed E-state index contributed by atoms with van der Waals surface area (Å²) in [4.78, 5) is 24.2. The van der Waals surface area contributed by atoms with Crippen molar-refractivity contribution in [3.05, 3.63) is 47.3 Å². The molecule has 2 aromatic heterocycles. The lowest BCUT2D eigenvalue weighted by atomic mass is 10.2. The minimum atomic E-state index is -0.0878. The summed E-state index contributed by atoms with van der Waals surface area (Å²) >= 11 is 3.44. The van der Waals surface area contributed by atoms with Crippen LogP contribution in [0.25, 0.3) is 10.9 Å². The first-order valence-corrected chi connectivity index (χ1v) is 7.88. The zero-order valence-corrected chi connectivity index (χ0v) is 14.0. The maximum absolute atomic E-state index is 11.5. The predicted octanol–water partition coefficient (Wildman–Crippen LogP) is 3.88. The molecule has 2 N–H and O–H groups in total. The van der Waals surface area contributed by atoms with E-state index < -0.39 is 0 Å². The first kappa shape index (κ1) is 15.4. The van der Waals surface area contributed by atoms with E-state index in [9.17, 15) is 4.79 Å². The van der Waals surface area contributed by atoms with Crippen molar-refractivity contribution >= 4 is 50.1 Å². The van der Waals surface area contributed by atoms with Gasteiger partial charge in [-0.1, -0.05) is 28.9 Å². The quantitative estimate of drug-likeness (QED) is 0.727. The zero-order chi connectivity index (χ0) is 16.2. The fraction of sp³-hybridized carbons (Fsp3) is 0.125. The monoisotopic (exact) mass is 371 g/mol. The molecule has 0 fully saturated rings. The minimum Gasteiger partial charge on any atom is -0.340 e. The fourth-order valence-electron chi connectivity index (χ4n) is 2.06. The minimum absolute atomic E-state index is 0.0878. The van der Waals surface area contributed by atoms with E-state index in [2.05, 4.69) is 41.5 Å². The van der Waals surface area contributed by atoms with Crippen LogP contribution in [0.1, 0.15) is 13.3 Å². The molecule has 3 rings (SSSR count). The van der Waals surface area contributed by atoms with Gasteiger partial charge in [-0.25, -0.2) is 15.0 Å². The van der Waals surface area contributed by atoms with E-state index in [0.717, 1.165) is 15.5 Å². The molecule has 1 amide bonds. The molecular formula is C16H14BrN5O. The Bertz CT molecular complexity index is 868. The third-order valence-corrected chi connectivity index (χ3v) is 3.69. The molecule has 116 valence electrons. The van der Waals surface area contributed by atoms with Crippen molar-refractivity contribution in [3.8, 4) is 0 Å². The van der Waals surface area contributed by atoms with E-state index in [1.807, 2.05) is 24.3 Å². The standard InChI is InChI=1S/C16H14BrN5O/c1-2-15(23)22-14-7-12-13(8-18-14)19-9-20-16(12)21-11-5-3-4-10(17)6-11/h3-9H,2H2,1H3,(H,18,22,23)(H,19,20,21). The molecular weight excluding hydrogens is 358 g/mol. The first-order valence-electron chi connectivity index (χ1n) is 7.09. The second kappa shape index (κ2) is 6.70. The molecule has 3 aromatic rings. The Hall–Kier alpha value is -2.54. The van der Waals surface area contributed by atoms with Gasteiger partial charge < -0.3 is 10.6 Å². The number of halogens is 1. The van der Waals surface area contributed by atoms with E-state index in [1.54, 1.807) is 19.2 Å². The molecule has 0 aliphatic carbocycles. The lowest BCUT2D eigenvalue weighted by molar-refractivity contribution is -0.115. The zero-order valence-electron chi connectivity index (χ0n) is 12.4. The molecule has 23 heavy (non-hydrogen) atoms. The Morgan fingerprint density at radius 3 is 2.87 bits per heavy atom. The molecule has 6 nitrogen and oxygen atoms in total. The molecule has 0 atom stereocenters. The Balaban J connectivity index is 1.99. The van der Waals surface area contributed by atoms with Gasteiger partial charge in [-0.15, -0.1) is 0 Å². The van der Waals surface area contributed by atoms with E-state index >= 15 is 0 Å². The summed E-state index contributed by atoms with van der Waals surface area (Å²) in [5, 5.41) is 6.79. The van der Waals surface area contributed by atoms with Crippen LogP contribution >= 0.6 is 15.9 Å². The van der Waals surface area contributed by atoms with Gasteiger partial charge in [0.25, 0.3) is 0 Å². The van der Waals surface area contributed by atoms with Gasteiger partial charge >= 0.3 is 0 Å². The average Bonchev–Trinajstić information content (AvgIpc) is 2.55. The lowest BCUT2D eigenvalue weighted by Crippen LogP contribution is -2.10. The van der Waals surface area contributed by atoms with Gasteiger partial charge in [0.15, 0.2) is 0 Å². The molecule has 0 saturated carbocycles. The van der Waals surface area contributed by atoms with Crippen LogP contribution in [0, 0.1) is 0 Å². The maximum Gasteiger partial charge on any atom is 0.225 e. The van der Waals surface area contributed by atoms with Crippen LogP contribution in [0.15, 0.2) is 47.3 Å². The highest BCUT2D eigenvalue weighted by Gasteiger charge is 2.08. The summed E-state index contributed by atoms with van der Waals surface area (Å²) < 4.78 is 0.971. The predicted molar refractivity (Wildman–Crippen MR) is 93.7 cm³/mol. The number of hydrogen-bond donors (Lipinski definition) is 2. The first-order chi connectivity index (χ1) is 11.2. The van der Waals surface area contributed by atoms with Crippen molar-refractivity contribution in [2.24, 2.45) is 0 Å². The molecule has 2 heterocycles. The van der Waals surface area contributed by atoms with Crippen molar-refractivity contribution in [3.63, 3.8) is 0 Å². The van der Waals surface area contributed by atoms with Crippen molar-refractivity contribution in [1.29, 1.82) is 0 Å². The molecule has 0 saturated heterocycles. The highest BCUT2D eigenvalue weighted by molar-refractivity contribution is 9.10. The summed E-state index contributed by atoms with van der Waals surface area (Å²) in [5.74, 6) is 1.05. The summed E-state index contributed by atoms with van der Waals surface area (Å²) in [6.07, 6.45) is 3.50. The molecule has 0 bridgehead atoms. The Kier molecular flexibility index (Phi) is 4.47. The Labute approximate surface area is 141 Å². The smallest absolute Gasteiger partial charge is 0.225 e. The fourth-order valence-corrected chi connectivity index (χ4v) is 2.46. The third kappa shape index (κ3) is 3.62. The second-order valence-corrected chi connectivity index (χ2v) is 5.76. The van der Waals surface area contributed by atoms with Crippen molar-refractivity contribution in [2.45, 2.75) is 13.3 Å². The van der Waals surface area contributed by atoms with E-state index in [4.69, 9.17) is 0 Å². The van der Waals surface area contributed by atoms with Crippen LogP contribution in [0.3, 0.4) is 0 Å². The van der Waals surface area contributed by atoms with Gasteiger partial charge in [-0.05, 0) is 24.3 Å². The van der Waals surface area contributed by atoms with Crippen molar-refractivity contribution < 1.29 is 4.79 Å². The topological polar surface area (TPSA) is 79.8 Å². The van der Waals surface area contributed by atoms with Crippen LogP contribution < -0.4 is 10.6 Å². The average molecular weight is 372 g/mol. The molecule has 7 heteroatoms. The molecule has 0 radical (unpaired) electrons. The van der Waals surface area contributed by atoms with Crippen LogP contribution in [0.4, 0.5) is 17.3 Å². The van der Waals surface area contributed by atoms with Crippen LogP contribution in [-0.2, 0) is 4.79 Å². The normalized spacial score (nSPS) is 10.5. The van der Waals surface area contributed by atoms with Gasteiger partial charge in [0.1, 0.15) is 18.0 Å². The number of rotatable bonds is 4. The summed E-state index contributed by atoms with van der Waals surface area (Å²) in [7, 11) is 0. The highest BCUT2D eigenvalue weighted by Crippen LogP contribution is 2.25. The number of carbonyl (C=O) groups is 1. The van der Waals surface area contributed by atoms with Gasteiger partial charge in [0, 0.05) is 22.0 Å². The number of nitrogens with zero attached hydrogens (tertiary/aromatic N) is 3. The number of carbonyl (C=O) groups excluding carboxylic acids is 1. The number of amides is 1. The van der Waals surface area contributed by atoms with Gasteiger partial charge in [-0.2, -0.15) is 0 Å². The van der Waals surface area contributed by atoms with Gasteiger partial charge in [0.2, 0.25) is 5.91 Å². The van der Waals surface area contributed by atoms with Crippen LogP contribution in [-0.4, -0.2) is 20.9 Å². The molecule has 0 aliphatic rings. The molecule has 0 aliphatic heterocycles. The van der Waals surface area contributed by atoms with Gasteiger partial charge in [-0.3, -0.25) is 4.79 Å². The Morgan fingerprint density at radius 1 is 1.22 bits per heavy atom. The highest BCUT2D eigenvalue weighted by atomic mass is 79.9. The number of benzene rings is 1. The number of anilines is 3.